The van der Waals surface area contributed by atoms with Crippen molar-refractivity contribution in [3.8, 4) is 0 Å². The molecule has 0 heterocycles. The normalized spacial score (nSPS) is 17.4. The Labute approximate surface area is 105 Å². The fourth-order valence-electron chi connectivity index (χ4n) is 1.26. The molecule has 0 aliphatic heterocycles. The molecule has 3 atom stereocenters. The predicted molar refractivity (Wildman–Crippen MR) is 69.8 cm³/mol. The Hall–Kier alpha value is 0.540. The van der Waals surface area contributed by atoms with Gasteiger partial charge in [-0.3, -0.25) is 0 Å². The van der Waals surface area contributed by atoms with E-state index in [0.29, 0.717) is 6.42 Å². The van der Waals surface area contributed by atoms with Gasteiger partial charge in [0.25, 0.3) is 0 Å². The van der Waals surface area contributed by atoms with Crippen LogP contribution in [0.25, 0.3) is 0 Å². The van der Waals surface area contributed by atoms with E-state index < -0.39 is 24.9 Å². The first-order chi connectivity index (χ1) is 7.56. The Balaban J connectivity index is 4.10. The van der Waals surface area contributed by atoms with Gasteiger partial charge < -0.3 is 20.4 Å². The van der Waals surface area contributed by atoms with Crippen LogP contribution >= 0.6 is 23.5 Å². The number of aliphatic hydroxyl groups excluding tert-OH is 4. The molecule has 0 aromatic heterocycles. The van der Waals surface area contributed by atoms with Crippen LogP contribution in [0.2, 0.25) is 0 Å². The molecule has 4 nitrogen and oxygen atoms in total. The highest BCUT2D eigenvalue weighted by molar-refractivity contribution is 8.16. The van der Waals surface area contributed by atoms with Crippen LogP contribution in [-0.2, 0) is 0 Å². The van der Waals surface area contributed by atoms with E-state index in [4.69, 9.17) is 5.11 Å². The topological polar surface area (TPSA) is 80.9 Å². The minimum atomic E-state index is -1.28. The molecule has 0 saturated heterocycles. The highest BCUT2D eigenvalue weighted by atomic mass is 32.2. The van der Waals surface area contributed by atoms with E-state index in [9.17, 15) is 15.3 Å². The van der Waals surface area contributed by atoms with Gasteiger partial charge in [-0.1, -0.05) is 13.8 Å². The maximum atomic E-state index is 9.70. The van der Waals surface area contributed by atoms with E-state index in [-0.39, 0.29) is 4.58 Å². The Kier molecular flexibility index (Phi) is 9.88. The van der Waals surface area contributed by atoms with E-state index in [1.54, 1.807) is 23.5 Å². The first-order valence-corrected chi connectivity index (χ1v) is 7.54. The van der Waals surface area contributed by atoms with Crippen LogP contribution in [0.15, 0.2) is 0 Å². The number of aliphatic hydroxyl groups is 4. The monoisotopic (exact) mass is 270 g/mol. The molecule has 0 rings (SSSR count). The first-order valence-electron chi connectivity index (χ1n) is 5.45. The average Bonchev–Trinajstić information content (AvgIpc) is 2.27. The second-order valence-corrected chi connectivity index (χ2v) is 6.64. The number of hydrogen-bond acceptors (Lipinski definition) is 6. The maximum Gasteiger partial charge on any atom is 0.108 e. The third-order valence-electron chi connectivity index (χ3n) is 2.11. The summed E-state index contributed by atoms with van der Waals surface area (Å²) in [5.74, 6) is 1.89. The Morgan fingerprint density at radius 2 is 1.44 bits per heavy atom. The lowest BCUT2D eigenvalue weighted by Gasteiger charge is -2.24. The molecule has 0 bridgehead atoms. The summed E-state index contributed by atoms with van der Waals surface area (Å²) >= 11 is 3.43. The zero-order valence-electron chi connectivity index (χ0n) is 9.74. The van der Waals surface area contributed by atoms with E-state index in [1.165, 1.54) is 0 Å². The largest absolute Gasteiger partial charge is 0.394 e. The summed E-state index contributed by atoms with van der Waals surface area (Å²) in [6.07, 6.45) is -3.13. The van der Waals surface area contributed by atoms with Crippen molar-refractivity contribution in [1.82, 2.24) is 0 Å². The van der Waals surface area contributed by atoms with Crippen LogP contribution in [-0.4, -0.2) is 61.4 Å². The van der Waals surface area contributed by atoms with Gasteiger partial charge in [0.2, 0.25) is 0 Å². The van der Waals surface area contributed by atoms with Crippen molar-refractivity contribution >= 4 is 23.5 Å². The number of rotatable bonds is 9. The lowest BCUT2D eigenvalue weighted by Crippen LogP contribution is -2.40. The van der Waals surface area contributed by atoms with Crippen LogP contribution in [0, 0.1) is 0 Å². The molecule has 16 heavy (non-hydrogen) atoms. The summed E-state index contributed by atoms with van der Waals surface area (Å²) in [4.78, 5) is 0. The Morgan fingerprint density at radius 1 is 0.938 bits per heavy atom. The van der Waals surface area contributed by atoms with E-state index >= 15 is 0 Å². The molecule has 0 radical (unpaired) electrons. The van der Waals surface area contributed by atoms with Gasteiger partial charge in [-0.25, -0.2) is 0 Å². The highest BCUT2D eigenvalue weighted by Gasteiger charge is 2.26. The second-order valence-electron chi connectivity index (χ2n) is 3.38. The Bertz CT molecular complexity index is 165. The SMILES string of the molecule is CCSC(C[C@@H](O)[C@H](O)[C@H](O)CO)SCC. The molecule has 0 aliphatic rings. The smallest absolute Gasteiger partial charge is 0.108 e. The molecule has 0 unspecified atom stereocenters. The lowest BCUT2D eigenvalue weighted by atomic mass is 10.1. The highest BCUT2D eigenvalue weighted by Crippen LogP contribution is 2.28. The van der Waals surface area contributed by atoms with E-state index in [1.807, 2.05) is 13.8 Å². The van der Waals surface area contributed by atoms with Crippen LogP contribution in [0.3, 0.4) is 0 Å². The van der Waals surface area contributed by atoms with Crippen molar-refractivity contribution in [1.29, 1.82) is 0 Å². The first kappa shape index (κ1) is 16.5. The molecule has 6 heteroatoms. The third-order valence-corrected chi connectivity index (χ3v) is 4.73. The standard InChI is InChI=1S/C10H22O4S2/c1-3-15-9(16-4-2)5-7(12)10(14)8(13)6-11/h7-14H,3-6H2,1-2H3/t7-,8-,10+/m1/s1. The quantitative estimate of drug-likeness (QED) is 0.451. The molecule has 0 spiro atoms. The third kappa shape index (κ3) is 6.32. The zero-order valence-corrected chi connectivity index (χ0v) is 11.4. The van der Waals surface area contributed by atoms with Gasteiger partial charge >= 0.3 is 0 Å². The molecule has 4 N–H and O–H groups in total. The number of thioether (sulfide) groups is 2. The molecular formula is C10H22O4S2. The lowest BCUT2D eigenvalue weighted by molar-refractivity contribution is -0.0769. The van der Waals surface area contributed by atoms with Gasteiger partial charge in [0.15, 0.2) is 0 Å². The fraction of sp³-hybridized carbons (Fsp3) is 1.00. The summed E-state index contributed by atoms with van der Waals surface area (Å²) in [5.41, 5.74) is 0. The van der Waals surface area contributed by atoms with Crippen LogP contribution in [0.4, 0.5) is 0 Å². The Morgan fingerprint density at radius 3 is 1.81 bits per heavy atom. The van der Waals surface area contributed by atoms with Crippen LogP contribution in [0.5, 0.6) is 0 Å². The molecule has 98 valence electrons. The van der Waals surface area contributed by atoms with Crippen LogP contribution < -0.4 is 0 Å². The van der Waals surface area contributed by atoms with Crippen molar-refractivity contribution in [2.75, 3.05) is 18.1 Å². The molecule has 0 amide bonds. The van der Waals surface area contributed by atoms with Gasteiger partial charge in [0.1, 0.15) is 12.2 Å². The maximum absolute atomic E-state index is 9.70. The average molecular weight is 270 g/mol. The molecule has 0 aliphatic carbocycles. The van der Waals surface area contributed by atoms with Crippen molar-refractivity contribution in [3.05, 3.63) is 0 Å². The summed E-state index contributed by atoms with van der Waals surface area (Å²) < 4.78 is 0.213. The van der Waals surface area contributed by atoms with Gasteiger partial charge in [-0.15, -0.1) is 23.5 Å². The second kappa shape index (κ2) is 9.56. The minimum absolute atomic E-state index is 0.213. The zero-order chi connectivity index (χ0) is 12.6. The van der Waals surface area contributed by atoms with E-state index in [2.05, 4.69) is 0 Å². The molecule has 0 aromatic carbocycles. The molecule has 0 fully saturated rings. The van der Waals surface area contributed by atoms with Crippen molar-refractivity contribution in [3.63, 3.8) is 0 Å². The minimum Gasteiger partial charge on any atom is -0.394 e. The van der Waals surface area contributed by atoms with Crippen molar-refractivity contribution in [2.45, 2.75) is 43.2 Å². The number of hydrogen-bond donors (Lipinski definition) is 4. The fourth-order valence-corrected chi connectivity index (χ4v) is 3.87. The van der Waals surface area contributed by atoms with Gasteiger partial charge in [0, 0.05) is 0 Å². The van der Waals surface area contributed by atoms with Gasteiger partial charge in [-0.2, -0.15) is 0 Å². The molecule has 0 saturated carbocycles. The van der Waals surface area contributed by atoms with Crippen molar-refractivity contribution < 1.29 is 20.4 Å². The summed E-state index contributed by atoms with van der Waals surface area (Å²) in [6, 6.07) is 0. The summed E-state index contributed by atoms with van der Waals surface area (Å²) in [7, 11) is 0. The molecular weight excluding hydrogens is 248 g/mol. The summed E-state index contributed by atoms with van der Waals surface area (Å²) in [6.45, 7) is 3.54. The molecule has 0 aromatic rings. The van der Waals surface area contributed by atoms with Gasteiger partial charge in [-0.05, 0) is 17.9 Å². The van der Waals surface area contributed by atoms with Crippen molar-refractivity contribution in [2.24, 2.45) is 0 Å². The predicted octanol–water partition coefficient (Wildman–Crippen LogP) is 0.284. The van der Waals surface area contributed by atoms with E-state index in [0.717, 1.165) is 11.5 Å². The van der Waals surface area contributed by atoms with Gasteiger partial charge in [0.05, 0.1) is 17.3 Å². The summed E-state index contributed by atoms with van der Waals surface area (Å²) in [5, 5.41) is 37.0. The van der Waals surface area contributed by atoms with Crippen LogP contribution in [0.1, 0.15) is 20.3 Å².